The lowest BCUT2D eigenvalue weighted by Crippen LogP contribution is -2.17. The van der Waals surface area contributed by atoms with Crippen molar-refractivity contribution < 1.29 is 0 Å². The van der Waals surface area contributed by atoms with Crippen LogP contribution in [0.4, 0.5) is 0 Å². The van der Waals surface area contributed by atoms with Crippen molar-refractivity contribution >= 4 is 0 Å². The molecule has 0 spiro atoms. The summed E-state index contributed by atoms with van der Waals surface area (Å²) in [7, 11) is 0. The summed E-state index contributed by atoms with van der Waals surface area (Å²) in [5.41, 5.74) is 4.23. The number of rotatable bonds is 5. The lowest BCUT2D eigenvalue weighted by molar-refractivity contribution is 0.562. The molecular formula is C17H24N2O. The topological polar surface area (TPSA) is 37.8 Å². The predicted octanol–water partition coefficient (Wildman–Crippen LogP) is 3.76. The average molecular weight is 272 g/mol. The third kappa shape index (κ3) is 3.03. The highest BCUT2D eigenvalue weighted by Gasteiger charge is 2.16. The van der Waals surface area contributed by atoms with E-state index in [9.17, 15) is 4.79 Å². The molecule has 20 heavy (non-hydrogen) atoms. The molecule has 3 heteroatoms. The van der Waals surface area contributed by atoms with Gasteiger partial charge >= 0.3 is 0 Å². The first-order valence-electron chi connectivity index (χ1n) is 7.41. The summed E-state index contributed by atoms with van der Waals surface area (Å²) >= 11 is 0. The molecule has 108 valence electrons. The van der Waals surface area contributed by atoms with E-state index in [1.807, 2.05) is 12.1 Å². The fraction of sp³-hybridized carbons (Fsp3) is 0.471. The first-order valence-corrected chi connectivity index (χ1v) is 7.41. The predicted molar refractivity (Wildman–Crippen MR) is 84.1 cm³/mol. The van der Waals surface area contributed by atoms with Gasteiger partial charge in [-0.1, -0.05) is 50.6 Å². The van der Waals surface area contributed by atoms with Gasteiger partial charge in [-0.3, -0.25) is 14.6 Å². The summed E-state index contributed by atoms with van der Waals surface area (Å²) in [5.74, 6) is 0.521. The van der Waals surface area contributed by atoms with Gasteiger partial charge in [0.1, 0.15) is 0 Å². The highest BCUT2D eigenvalue weighted by Crippen LogP contribution is 2.22. The van der Waals surface area contributed by atoms with E-state index < -0.39 is 0 Å². The Hall–Kier alpha value is -1.77. The molecule has 0 amide bonds. The van der Waals surface area contributed by atoms with E-state index >= 15 is 0 Å². The van der Waals surface area contributed by atoms with Crippen LogP contribution in [-0.2, 0) is 13.0 Å². The largest absolute Gasteiger partial charge is 0.299 e. The van der Waals surface area contributed by atoms with E-state index in [1.165, 1.54) is 5.56 Å². The maximum absolute atomic E-state index is 12.6. The summed E-state index contributed by atoms with van der Waals surface area (Å²) in [6.07, 6.45) is 1.85. The molecule has 0 radical (unpaired) electrons. The Balaban J connectivity index is 2.53. The van der Waals surface area contributed by atoms with Crippen LogP contribution in [0.3, 0.4) is 0 Å². The molecule has 2 rings (SSSR count). The quantitative estimate of drug-likeness (QED) is 0.884. The van der Waals surface area contributed by atoms with E-state index in [2.05, 4.69) is 44.9 Å². The van der Waals surface area contributed by atoms with Crippen molar-refractivity contribution in [3.8, 4) is 11.1 Å². The van der Waals surface area contributed by atoms with E-state index in [1.54, 1.807) is 4.68 Å². The van der Waals surface area contributed by atoms with Crippen molar-refractivity contribution in [2.75, 3.05) is 0 Å². The Morgan fingerprint density at radius 3 is 2.40 bits per heavy atom. The van der Waals surface area contributed by atoms with Gasteiger partial charge in [-0.25, -0.2) is 0 Å². The minimum atomic E-state index is 0.103. The molecule has 1 N–H and O–H groups in total. The maximum Gasteiger partial charge on any atom is 0.274 e. The summed E-state index contributed by atoms with van der Waals surface area (Å²) in [6.45, 7) is 9.24. The lowest BCUT2D eigenvalue weighted by atomic mass is 9.99. The number of hydrogen-bond acceptors (Lipinski definition) is 1. The standard InChI is InChI=1S/C17H24N2O/c1-5-10-19-17(20)16(15(18-19)11-12(2)3)14-8-6-13(4)7-9-14/h6-9,12,18H,5,10-11H2,1-4H3. The van der Waals surface area contributed by atoms with Crippen LogP contribution >= 0.6 is 0 Å². The zero-order chi connectivity index (χ0) is 14.7. The number of nitrogens with one attached hydrogen (secondary N) is 1. The van der Waals surface area contributed by atoms with Gasteiger partial charge in [-0.15, -0.1) is 0 Å². The molecule has 0 aliphatic carbocycles. The van der Waals surface area contributed by atoms with Crippen LogP contribution in [0, 0.1) is 12.8 Å². The highest BCUT2D eigenvalue weighted by atomic mass is 16.1. The molecule has 3 nitrogen and oxygen atoms in total. The fourth-order valence-corrected chi connectivity index (χ4v) is 2.49. The Bertz CT molecular complexity index is 617. The van der Waals surface area contributed by atoms with Crippen LogP contribution in [0.1, 0.15) is 38.4 Å². The summed E-state index contributed by atoms with van der Waals surface area (Å²) in [5, 5.41) is 3.30. The highest BCUT2D eigenvalue weighted by molar-refractivity contribution is 5.65. The number of H-pyrrole nitrogens is 1. The molecule has 1 aromatic carbocycles. The smallest absolute Gasteiger partial charge is 0.274 e. The van der Waals surface area contributed by atoms with E-state index in [0.29, 0.717) is 5.92 Å². The van der Waals surface area contributed by atoms with Crippen molar-refractivity contribution in [1.29, 1.82) is 0 Å². The minimum Gasteiger partial charge on any atom is -0.299 e. The molecule has 0 unspecified atom stereocenters. The van der Waals surface area contributed by atoms with Gasteiger partial charge in [0.2, 0.25) is 0 Å². The molecule has 1 aromatic heterocycles. The monoisotopic (exact) mass is 272 g/mol. The molecule has 0 aliphatic rings. The third-order valence-electron chi connectivity index (χ3n) is 3.43. The van der Waals surface area contributed by atoms with Crippen molar-refractivity contribution in [3.63, 3.8) is 0 Å². The zero-order valence-electron chi connectivity index (χ0n) is 12.9. The number of benzene rings is 1. The molecule has 0 aliphatic heterocycles. The molecule has 0 saturated heterocycles. The van der Waals surface area contributed by atoms with Crippen LogP contribution < -0.4 is 5.56 Å². The summed E-state index contributed by atoms with van der Waals surface area (Å²) in [4.78, 5) is 12.6. The number of aromatic nitrogens is 2. The van der Waals surface area contributed by atoms with Gasteiger partial charge in [0, 0.05) is 12.2 Å². The molecule has 0 bridgehead atoms. The fourth-order valence-electron chi connectivity index (χ4n) is 2.49. The van der Waals surface area contributed by atoms with Crippen LogP contribution in [0.5, 0.6) is 0 Å². The molecular weight excluding hydrogens is 248 g/mol. The Morgan fingerprint density at radius 1 is 1.20 bits per heavy atom. The Kier molecular flexibility index (Phi) is 4.48. The normalized spacial score (nSPS) is 11.2. The molecule has 0 atom stereocenters. The maximum atomic E-state index is 12.6. The second-order valence-corrected chi connectivity index (χ2v) is 5.89. The number of aryl methyl sites for hydroxylation is 2. The Morgan fingerprint density at radius 2 is 1.85 bits per heavy atom. The van der Waals surface area contributed by atoms with Crippen LogP contribution in [0.15, 0.2) is 29.1 Å². The average Bonchev–Trinajstić information content (AvgIpc) is 2.67. The van der Waals surface area contributed by atoms with E-state index in [4.69, 9.17) is 0 Å². The second kappa shape index (κ2) is 6.12. The molecule has 0 saturated carbocycles. The van der Waals surface area contributed by atoms with Crippen molar-refractivity contribution in [2.24, 2.45) is 5.92 Å². The first-order chi connectivity index (χ1) is 9.52. The number of hydrogen-bond donors (Lipinski definition) is 1. The van der Waals surface area contributed by atoms with Gasteiger partial charge in [-0.05, 0) is 31.2 Å². The lowest BCUT2D eigenvalue weighted by Gasteiger charge is -2.05. The Labute approximate surface area is 120 Å². The molecule has 2 aromatic rings. The minimum absolute atomic E-state index is 0.103. The SMILES string of the molecule is CCCn1[nH]c(CC(C)C)c(-c2ccc(C)cc2)c1=O. The van der Waals surface area contributed by atoms with Gasteiger partial charge < -0.3 is 0 Å². The molecule has 0 fully saturated rings. The van der Waals surface area contributed by atoms with Crippen molar-refractivity contribution in [1.82, 2.24) is 9.78 Å². The second-order valence-electron chi connectivity index (χ2n) is 5.89. The summed E-state index contributed by atoms with van der Waals surface area (Å²) in [6, 6.07) is 8.20. The van der Waals surface area contributed by atoms with Gasteiger partial charge in [-0.2, -0.15) is 0 Å². The van der Waals surface area contributed by atoms with Crippen LogP contribution in [-0.4, -0.2) is 9.78 Å². The number of nitrogens with zero attached hydrogens (tertiary/aromatic N) is 1. The van der Waals surface area contributed by atoms with E-state index in [-0.39, 0.29) is 5.56 Å². The van der Waals surface area contributed by atoms with Crippen LogP contribution in [0.2, 0.25) is 0 Å². The van der Waals surface area contributed by atoms with Gasteiger partial charge in [0.05, 0.1) is 5.56 Å². The zero-order valence-corrected chi connectivity index (χ0v) is 12.9. The van der Waals surface area contributed by atoms with Crippen molar-refractivity contribution in [2.45, 2.75) is 47.1 Å². The van der Waals surface area contributed by atoms with Crippen LogP contribution in [0.25, 0.3) is 11.1 Å². The third-order valence-corrected chi connectivity index (χ3v) is 3.43. The van der Waals surface area contributed by atoms with Gasteiger partial charge in [0.25, 0.3) is 5.56 Å². The van der Waals surface area contributed by atoms with Gasteiger partial charge in [0.15, 0.2) is 0 Å². The number of aromatic amines is 1. The van der Waals surface area contributed by atoms with Crippen molar-refractivity contribution in [3.05, 3.63) is 45.9 Å². The molecule has 1 heterocycles. The van der Waals surface area contributed by atoms with E-state index in [0.717, 1.165) is 36.2 Å². The first kappa shape index (κ1) is 14.6. The summed E-state index contributed by atoms with van der Waals surface area (Å²) < 4.78 is 1.74.